The predicted octanol–water partition coefficient (Wildman–Crippen LogP) is 1.29. The molecule has 0 saturated carbocycles. The van der Waals surface area contributed by atoms with Crippen molar-refractivity contribution in [1.82, 2.24) is 0 Å². The van der Waals surface area contributed by atoms with Gasteiger partial charge in [-0.2, -0.15) is 0 Å². The summed E-state index contributed by atoms with van der Waals surface area (Å²) in [5, 5.41) is 0. The lowest BCUT2D eigenvalue weighted by molar-refractivity contribution is -0.116. The Balaban J connectivity index is 0. The summed E-state index contributed by atoms with van der Waals surface area (Å²) < 4.78 is 8.58. The molecule has 0 spiro atoms. The number of halogens is 1. The minimum Gasteiger partial charge on any atom is -0.431 e. The number of hydrogen-bond acceptors (Lipinski definition) is 4. The summed E-state index contributed by atoms with van der Waals surface area (Å²) in [5.41, 5.74) is 0. The standard InChI is InChI=1S/C4H8O.C3H4O3.FH/c1-3-4(2)5;4-3-5-1-2-6-3;/h3H2,1-2H3;1-2H2;1H. The Labute approximate surface area is 70.2 Å². The summed E-state index contributed by atoms with van der Waals surface area (Å²) >= 11 is 0. The van der Waals surface area contributed by atoms with Crippen LogP contribution in [0, 0.1) is 0 Å². The van der Waals surface area contributed by atoms with E-state index in [9.17, 15) is 9.59 Å². The number of rotatable bonds is 1. The summed E-state index contributed by atoms with van der Waals surface area (Å²) in [6.07, 6.45) is 0.120. The molecular formula is C7H13FO4. The fourth-order valence-corrected chi connectivity index (χ4v) is 0.292. The molecule has 0 atom stereocenters. The monoisotopic (exact) mass is 180 g/mol. The highest BCUT2D eigenvalue weighted by molar-refractivity contribution is 5.74. The van der Waals surface area contributed by atoms with E-state index >= 15 is 0 Å². The van der Waals surface area contributed by atoms with Crippen molar-refractivity contribution in [3.8, 4) is 0 Å². The summed E-state index contributed by atoms with van der Waals surface area (Å²) in [4.78, 5) is 19.6. The summed E-state index contributed by atoms with van der Waals surface area (Å²) in [7, 11) is 0. The highest BCUT2D eigenvalue weighted by atomic mass is 19.0. The predicted molar refractivity (Wildman–Crippen MR) is 40.8 cm³/mol. The molecule has 0 bridgehead atoms. The molecule has 0 amide bonds. The Morgan fingerprint density at radius 3 is 1.83 bits per heavy atom. The number of ether oxygens (including phenoxy) is 2. The highest BCUT2D eigenvalue weighted by Gasteiger charge is 2.09. The van der Waals surface area contributed by atoms with Gasteiger partial charge in [0, 0.05) is 6.42 Å². The third kappa shape index (κ3) is 8.87. The molecule has 1 aliphatic rings. The normalized spacial score (nSPS) is 13.0. The molecule has 0 aromatic carbocycles. The molecule has 12 heavy (non-hydrogen) atoms. The molecule has 0 aliphatic carbocycles. The van der Waals surface area contributed by atoms with E-state index in [1.165, 1.54) is 0 Å². The maximum Gasteiger partial charge on any atom is 0.508 e. The number of carbonyl (C=O) groups excluding carboxylic acids is 2. The van der Waals surface area contributed by atoms with Crippen LogP contribution < -0.4 is 0 Å². The first-order valence-corrected chi connectivity index (χ1v) is 3.45. The van der Waals surface area contributed by atoms with Crippen LogP contribution in [-0.2, 0) is 14.3 Å². The van der Waals surface area contributed by atoms with Crippen LogP contribution in [0.5, 0.6) is 0 Å². The Morgan fingerprint density at radius 1 is 1.42 bits per heavy atom. The summed E-state index contributed by atoms with van der Waals surface area (Å²) in [6.45, 7) is 4.26. The Kier molecular flexibility index (Phi) is 8.94. The van der Waals surface area contributed by atoms with Gasteiger partial charge in [-0.3, -0.25) is 4.70 Å². The third-order valence-electron chi connectivity index (χ3n) is 1.02. The number of hydrogen-bond donors (Lipinski definition) is 0. The Hall–Kier alpha value is -1.13. The van der Waals surface area contributed by atoms with E-state index in [0.717, 1.165) is 0 Å². The molecule has 1 rings (SSSR count). The molecule has 0 N–H and O–H groups in total. The van der Waals surface area contributed by atoms with Crippen molar-refractivity contribution in [2.45, 2.75) is 20.3 Å². The molecular weight excluding hydrogens is 167 g/mol. The molecule has 1 heterocycles. The van der Waals surface area contributed by atoms with Gasteiger partial charge in [0.15, 0.2) is 0 Å². The lowest BCUT2D eigenvalue weighted by Crippen LogP contribution is -1.88. The van der Waals surface area contributed by atoms with Gasteiger partial charge in [0.05, 0.1) is 0 Å². The van der Waals surface area contributed by atoms with Crippen molar-refractivity contribution < 1.29 is 23.8 Å². The van der Waals surface area contributed by atoms with Crippen LogP contribution in [0.25, 0.3) is 0 Å². The van der Waals surface area contributed by atoms with Gasteiger partial charge in [0.1, 0.15) is 19.0 Å². The van der Waals surface area contributed by atoms with Gasteiger partial charge in [-0.25, -0.2) is 4.79 Å². The summed E-state index contributed by atoms with van der Waals surface area (Å²) in [5.74, 6) is 0.255. The van der Waals surface area contributed by atoms with E-state index < -0.39 is 6.16 Å². The smallest absolute Gasteiger partial charge is 0.431 e. The zero-order chi connectivity index (χ0) is 8.69. The van der Waals surface area contributed by atoms with Gasteiger partial charge >= 0.3 is 6.16 Å². The maximum absolute atomic E-state index is 9.81. The molecule has 1 aliphatic heterocycles. The third-order valence-corrected chi connectivity index (χ3v) is 1.02. The fourth-order valence-electron chi connectivity index (χ4n) is 0.292. The largest absolute Gasteiger partial charge is 0.508 e. The Morgan fingerprint density at radius 2 is 1.75 bits per heavy atom. The van der Waals surface area contributed by atoms with Crippen LogP contribution in [0.15, 0.2) is 0 Å². The van der Waals surface area contributed by atoms with Gasteiger partial charge in [-0.05, 0) is 6.92 Å². The average Bonchev–Trinajstić information content (AvgIpc) is 2.41. The minimum absolute atomic E-state index is 0. The molecule has 72 valence electrons. The lowest BCUT2D eigenvalue weighted by Gasteiger charge is -1.78. The second-order valence-electron chi connectivity index (χ2n) is 2.00. The molecule has 0 aromatic heterocycles. The second kappa shape index (κ2) is 7.97. The van der Waals surface area contributed by atoms with Gasteiger partial charge < -0.3 is 14.3 Å². The molecule has 1 saturated heterocycles. The number of Topliss-reactive ketones (excluding diaryl/α,β-unsaturated/α-hetero) is 1. The van der Waals surface area contributed by atoms with E-state index in [4.69, 9.17) is 0 Å². The number of cyclic esters (lactones) is 2. The molecule has 0 aromatic rings. The minimum atomic E-state index is -0.546. The summed E-state index contributed by atoms with van der Waals surface area (Å²) in [6, 6.07) is 0. The SMILES string of the molecule is CCC(C)=O.F.O=C1OCCO1. The van der Waals surface area contributed by atoms with Crippen molar-refractivity contribution in [2.24, 2.45) is 0 Å². The topological polar surface area (TPSA) is 52.6 Å². The van der Waals surface area contributed by atoms with E-state index in [2.05, 4.69) is 9.47 Å². The van der Waals surface area contributed by atoms with Crippen molar-refractivity contribution in [2.75, 3.05) is 13.2 Å². The van der Waals surface area contributed by atoms with Crippen LogP contribution in [0.1, 0.15) is 20.3 Å². The molecule has 5 heteroatoms. The van der Waals surface area contributed by atoms with Crippen molar-refractivity contribution in [3.05, 3.63) is 0 Å². The van der Waals surface area contributed by atoms with Gasteiger partial charge in [0.25, 0.3) is 0 Å². The van der Waals surface area contributed by atoms with Crippen LogP contribution in [0.4, 0.5) is 9.50 Å². The van der Waals surface area contributed by atoms with Crippen LogP contribution in [0.3, 0.4) is 0 Å². The number of ketones is 1. The Bertz CT molecular complexity index is 138. The molecule has 0 unspecified atom stereocenters. The molecule has 1 fully saturated rings. The van der Waals surface area contributed by atoms with Crippen molar-refractivity contribution in [3.63, 3.8) is 0 Å². The van der Waals surface area contributed by atoms with E-state index in [1.54, 1.807) is 6.92 Å². The first kappa shape index (κ1) is 13.5. The van der Waals surface area contributed by atoms with Gasteiger partial charge in [0.2, 0.25) is 0 Å². The van der Waals surface area contributed by atoms with E-state index in [0.29, 0.717) is 19.6 Å². The zero-order valence-electron chi connectivity index (χ0n) is 7.16. The quantitative estimate of drug-likeness (QED) is 0.570. The molecule has 4 nitrogen and oxygen atoms in total. The average molecular weight is 180 g/mol. The van der Waals surface area contributed by atoms with Crippen LogP contribution in [-0.4, -0.2) is 25.2 Å². The van der Waals surface area contributed by atoms with Crippen LogP contribution >= 0.6 is 0 Å². The lowest BCUT2D eigenvalue weighted by atomic mass is 10.4. The van der Waals surface area contributed by atoms with Crippen molar-refractivity contribution in [1.29, 1.82) is 0 Å². The second-order valence-corrected chi connectivity index (χ2v) is 2.00. The van der Waals surface area contributed by atoms with E-state index in [1.807, 2.05) is 6.92 Å². The maximum atomic E-state index is 9.81. The highest BCUT2D eigenvalue weighted by Crippen LogP contribution is 1.92. The first-order chi connectivity index (χ1) is 5.16. The first-order valence-electron chi connectivity index (χ1n) is 3.45. The fraction of sp³-hybridized carbons (Fsp3) is 0.714. The van der Waals surface area contributed by atoms with Crippen LogP contribution in [0.2, 0.25) is 0 Å². The zero-order valence-corrected chi connectivity index (χ0v) is 7.16. The van der Waals surface area contributed by atoms with E-state index in [-0.39, 0.29) is 10.5 Å². The van der Waals surface area contributed by atoms with Gasteiger partial charge in [-0.15, -0.1) is 0 Å². The van der Waals surface area contributed by atoms with Gasteiger partial charge in [-0.1, -0.05) is 6.92 Å². The number of carbonyl (C=O) groups is 2. The van der Waals surface area contributed by atoms with Crippen molar-refractivity contribution >= 4 is 11.9 Å². The molecule has 0 radical (unpaired) electrons.